The molecule has 176 valence electrons. The van der Waals surface area contributed by atoms with Crippen LogP contribution in [0.3, 0.4) is 0 Å². The molecular formula is C24H31N5O4. The minimum Gasteiger partial charge on any atom is -0.343 e. The van der Waals surface area contributed by atoms with E-state index in [9.17, 15) is 14.4 Å². The lowest BCUT2D eigenvalue weighted by atomic mass is 10.0. The van der Waals surface area contributed by atoms with E-state index in [1.54, 1.807) is 12.1 Å². The van der Waals surface area contributed by atoms with Gasteiger partial charge in [-0.25, -0.2) is 5.48 Å². The van der Waals surface area contributed by atoms with Gasteiger partial charge in [-0.05, 0) is 48.2 Å². The van der Waals surface area contributed by atoms with Crippen molar-refractivity contribution in [3.63, 3.8) is 0 Å². The number of hydroxylamine groups is 1. The minimum absolute atomic E-state index is 0.129. The molecule has 9 nitrogen and oxygen atoms in total. The van der Waals surface area contributed by atoms with Crippen molar-refractivity contribution < 1.29 is 19.6 Å². The van der Waals surface area contributed by atoms with Crippen LogP contribution in [0.25, 0.3) is 11.1 Å². The minimum atomic E-state index is -1.01. The third-order valence-electron chi connectivity index (χ3n) is 5.68. The number of likely N-dealkylation sites (tertiary alicyclic amines) is 1. The molecule has 1 aliphatic heterocycles. The van der Waals surface area contributed by atoms with Crippen molar-refractivity contribution in [3.05, 3.63) is 59.7 Å². The summed E-state index contributed by atoms with van der Waals surface area (Å²) in [7, 11) is 0. The lowest BCUT2D eigenvalue weighted by Gasteiger charge is -2.15. The lowest BCUT2D eigenvalue weighted by molar-refractivity contribution is -0.131. The standard InChI is InChI=1S/C24H31N5O4/c25-15-21(24(32)28-33)27-23(31)20-10-8-19(9-11-20)18-6-4-17(5-7-18)16-26-12-2-14-29-13-1-3-22(29)30/h4-11,21,26,33H,1-3,12-16,25H2,(H,27,31)(H,28,32)/t21-/m0/s1. The van der Waals surface area contributed by atoms with Gasteiger partial charge in [-0.15, -0.1) is 0 Å². The summed E-state index contributed by atoms with van der Waals surface area (Å²) in [6.07, 6.45) is 2.61. The molecule has 33 heavy (non-hydrogen) atoms. The van der Waals surface area contributed by atoms with Gasteiger partial charge >= 0.3 is 0 Å². The van der Waals surface area contributed by atoms with E-state index >= 15 is 0 Å². The zero-order valence-corrected chi connectivity index (χ0v) is 18.5. The molecule has 3 amide bonds. The fourth-order valence-electron chi connectivity index (χ4n) is 3.75. The molecule has 0 bridgehead atoms. The van der Waals surface area contributed by atoms with Gasteiger partial charge in [-0.2, -0.15) is 0 Å². The highest BCUT2D eigenvalue weighted by Gasteiger charge is 2.20. The number of carbonyl (C=O) groups excluding carboxylic acids is 3. The molecule has 1 aliphatic rings. The SMILES string of the molecule is NC[C@H](NC(=O)c1ccc(-c2ccc(CNCCCN3CCCC3=O)cc2)cc1)C(=O)NO. The first-order valence-corrected chi connectivity index (χ1v) is 11.1. The number of hydrogen-bond donors (Lipinski definition) is 5. The number of rotatable bonds is 11. The summed E-state index contributed by atoms with van der Waals surface area (Å²) >= 11 is 0. The Kier molecular flexibility index (Phi) is 8.94. The van der Waals surface area contributed by atoms with Crippen LogP contribution in [0, 0.1) is 0 Å². The van der Waals surface area contributed by atoms with Gasteiger partial charge in [0.05, 0.1) is 0 Å². The first-order valence-electron chi connectivity index (χ1n) is 11.1. The topological polar surface area (TPSA) is 137 Å². The maximum Gasteiger partial charge on any atom is 0.267 e. The van der Waals surface area contributed by atoms with Gasteiger partial charge in [0.1, 0.15) is 6.04 Å². The van der Waals surface area contributed by atoms with E-state index in [0.29, 0.717) is 12.0 Å². The monoisotopic (exact) mass is 453 g/mol. The second-order valence-electron chi connectivity index (χ2n) is 8.03. The predicted octanol–water partition coefficient (Wildman–Crippen LogP) is 1.02. The van der Waals surface area contributed by atoms with Gasteiger partial charge in [0.15, 0.2) is 0 Å². The van der Waals surface area contributed by atoms with Crippen LogP contribution in [0.5, 0.6) is 0 Å². The third kappa shape index (κ3) is 6.85. The molecule has 1 fully saturated rings. The average molecular weight is 454 g/mol. The van der Waals surface area contributed by atoms with E-state index < -0.39 is 17.9 Å². The van der Waals surface area contributed by atoms with Crippen LogP contribution in [-0.4, -0.2) is 60.0 Å². The molecule has 6 N–H and O–H groups in total. The second-order valence-corrected chi connectivity index (χ2v) is 8.03. The Morgan fingerprint density at radius 3 is 2.30 bits per heavy atom. The maximum atomic E-state index is 12.3. The zero-order chi connectivity index (χ0) is 23.6. The van der Waals surface area contributed by atoms with Crippen LogP contribution in [-0.2, 0) is 16.1 Å². The smallest absolute Gasteiger partial charge is 0.267 e. The van der Waals surface area contributed by atoms with Crippen LogP contribution in [0.1, 0.15) is 35.2 Å². The average Bonchev–Trinajstić information content (AvgIpc) is 3.26. The summed E-state index contributed by atoms with van der Waals surface area (Å²) in [5, 5.41) is 14.6. The van der Waals surface area contributed by atoms with Gasteiger partial charge in [-0.3, -0.25) is 19.6 Å². The van der Waals surface area contributed by atoms with Crippen molar-refractivity contribution in [2.24, 2.45) is 5.73 Å². The van der Waals surface area contributed by atoms with Crippen LogP contribution in [0.4, 0.5) is 0 Å². The van der Waals surface area contributed by atoms with Crippen LogP contribution < -0.4 is 21.8 Å². The number of nitrogens with two attached hydrogens (primary N) is 1. The van der Waals surface area contributed by atoms with E-state index in [4.69, 9.17) is 10.9 Å². The Bertz CT molecular complexity index is 946. The molecule has 3 rings (SSSR count). The van der Waals surface area contributed by atoms with E-state index in [1.165, 1.54) is 11.0 Å². The summed E-state index contributed by atoms with van der Waals surface area (Å²) in [5.41, 5.74) is 10.5. The zero-order valence-electron chi connectivity index (χ0n) is 18.5. The maximum absolute atomic E-state index is 12.3. The number of carbonyl (C=O) groups is 3. The molecule has 0 aliphatic carbocycles. The van der Waals surface area contributed by atoms with Crippen molar-refractivity contribution in [1.82, 2.24) is 21.0 Å². The molecule has 1 saturated heterocycles. The van der Waals surface area contributed by atoms with Crippen molar-refractivity contribution >= 4 is 17.7 Å². The highest BCUT2D eigenvalue weighted by molar-refractivity contribution is 5.97. The van der Waals surface area contributed by atoms with E-state index in [1.807, 2.05) is 29.2 Å². The number of benzene rings is 2. The first kappa shape index (κ1) is 24.4. The summed E-state index contributed by atoms with van der Waals surface area (Å²) < 4.78 is 0. The third-order valence-corrected chi connectivity index (χ3v) is 5.68. The molecule has 2 aromatic rings. The van der Waals surface area contributed by atoms with Gasteiger partial charge in [0.25, 0.3) is 11.8 Å². The summed E-state index contributed by atoms with van der Waals surface area (Å²) in [6.45, 7) is 3.20. The molecule has 0 radical (unpaired) electrons. The van der Waals surface area contributed by atoms with Crippen LogP contribution in [0.15, 0.2) is 48.5 Å². The lowest BCUT2D eigenvalue weighted by Crippen LogP contribution is -2.50. The Morgan fingerprint density at radius 1 is 1.06 bits per heavy atom. The molecule has 0 saturated carbocycles. The predicted molar refractivity (Wildman–Crippen MR) is 124 cm³/mol. The van der Waals surface area contributed by atoms with Gasteiger partial charge in [0.2, 0.25) is 5.91 Å². The largest absolute Gasteiger partial charge is 0.343 e. The van der Waals surface area contributed by atoms with E-state index in [0.717, 1.165) is 50.1 Å². The van der Waals surface area contributed by atoms with Crippen LogP contribution in [0.2, 0.25) is 0 Å². The van der Waals surface area contributed by atoms with Gasteiger partial charge in [-0.1, -0.05) is 36.4 Å². The molecule has 0 aromatic heterocycles. The van der Waals surface area contributed by atoms with Crippen molar-refractivity contribution in [3.8, 4) is 11.1 Å². The van der Waals surface area contributed by atoms with Crippen molar-refractivity contribution in [2.75, 3.05) is 26.2 Å². The number of nitrogens with zero attached hydrogens (tertiary/aromatic N) is 1. The Morgan fingerprint density at radius 2 is 1.73 bits per heavy atom. The molecule has 0 spiro atoms. The number of amides is 3. The molecule has 0 unspecified atom stereocenters. The fourth-order valence-corrected chi connectivity index (χ4v) is 3.75. The first-order chi connectivity index (χ1) is 16.0. The Labute approximate surface area is 193 Å². The normalized spacial score (nSPS) is 14.2. The van der Waals surface area contributed by atoms with Gasteiger partial charge < -0.3 is 21.3 Å². The van der Waals surface area contributed by atoms with Gasteiger partial charge in [0, 0.05) is 38.2 Å². The molecule has 1 atom stereocenters. The highest BCUT2D eigenvalue weighted by atomic mass is 16.5. The fraction of sp³-hybridized carbons (Fsp3) is 0.375. The van der Waals surface area contributed by atoms with E-state index in [2.05, 4.69) is 22.8 Å². The summed E-state index contributed by atoms with van der Waals surface area (Å²) in [4.78, 5) is 37.3. The molecule has 2 aromatic carbocycles. The van der Waals surface area contributed by atoms with Crippen LogP contribution >= 0.6 is 0 Å². The summed E-state index contributed by atoms with van der Waals surface area (Å²) in [6, 6.07) is 14.2. The Hall–Kier alpha value is -3.27. The number of nitrogens with one attached hydrogen (secondary N) is 3. The van der Waals surface area contributed by atoms with Crippen molar-refractivity contribution in [2.45, 2.75) is 31.8 Å². The quantitative estimate of drug-likeness (QED) is 0.196. The Balaban J connectivity index is 1.46. The summed E-state index contributed by atoms with van der Waals surface area (Å²) in [5.74, 6) is -0.942. The molecule has 9 heteroatoms. The molecule has 1 heterocycles. The highest BCUT2D eigenvalue weighted by Crippen LogP contribution is 2.20. The number of hydrogen-bond acceptors (Lipinski definition) is 6. The van der Waals surface area contributed by atoms with Crippen molar-refractivity contribution in [1.29, 1.82) is 0 Å². The molecular weight excluding hydrogens is 422 g/mol. The van der Waals surface area contributed by atoms with E-state index in [-0.39, 0.29) is 12.5 Å². The second kappa shape index (κ2) is 12.1.